The number of carbonyl (C=O) groups excluding carboxylic acids is 2. The first kappa shape index (κ1) is 18.8. The molecule has 2 heterocycles. The first-order valence-electron chi connectivity index (χ1n) is 9.33. The largest absolute Gasteiger partial charge is 0.478 e. The lowest BCUT2D eigenvalue weighted by atomic mass is 10.0. The van der Waals surface area contributed by atoms with Crippen LogP contribution in [0.4, 0.5) is 0 Å². The fourth-order valence-electron chi connectivity index (χ4n) is 3.46. The van der Waals surface area contributed by atoms with Crippen molar-refractivity contribution in [3.05, 3.63) is 30.3 Å². The van der Waals surface area contributed by atoms with Gasteiger partial charge in [-0.1, -0.05) is 18.2 Å². The number of piperidine rings is 1. The van der Waals surface area contributed by atoms with Gasteiger partial charge in [0, 0.05) is 32.2 Å². The van der Waals surface area contributed by atoms with E-state index in [-0.39, 0.29) is 6.42 Å². The second kappa shape index (κ2) is 9.66. The lowest BCUT2D eigenvalue weighted by Gasteiger charge is -2.40. The quantitative estimate of drug-likeness (QED) is 0.722. The third kappa shape index (κ3) is 5.27. The SMILES string of the molecule is O=CCC(Oc1ccccc1)C(=O)ON1CCN(C2CCNCC2)CC1. The van der Waals surface area contributed by atoms with Crippen LogP contribution >= 0.6 is 0 Å². The molecule has 0 aliphatic carbocycles. The minimum absolute atomic E-state index is 0.0250. The third-order valence-corrected chi connectivity index (χ3v) is 4.91. The molecule has 7 nitrogen and oxygen atoms in total. The van der Waals surface area contributed by atoms with Gasteiger partial charge < -0.3 is 19.7 Å². The van der Waals surface area contributed by atoms with E-state index in [9.17, 15) is 9.59 Å². The molecule has 2 aliphatic rings. The number of hydrogen-bond donors (Lipinski definition) is 1. The maximum absolute atomic E-state index is 12.4. The molecular formula is C19H27N3O4. The van der Waals surface area contributed by atoms with Gasteiger partial charge in [0.05, 0.1) is 6.42 Å². The van der Waals surface area contributed by atoms with E-state index >= 15 is 0 Å². The number of nitrogens with one attached hydrogen (secondary N) is 1. The Morgan fingerprint density at radius 1 is 1.15 bits per heavy atom. The first-order valence-corrected chi connectivity index (χ1v) is 9.33. The number of benzene rings is 1. The van der Waals surface area contributed by atoms with Crippen LogP contribution in [0.2, 0.25) is 0 Å². The van der Waals surface area contributed by atoms with Gasteiger partial charge >= 0.3 is 5.97 Å². The van der Waals surface area contributed by atoms with Crippen molar-refractivity contribution in [3.63, 3.8) is 0 Å². The number of rotatable bonds is 7. The maximum Gasteiger partial charge on any atom is 0.366 e. The van der Waals surface area contributed by atoms with Gasteiger partial charge in [-0.3, -0.25) is 4.90 Å². The topological polar surface area (TPSA) is 71.1 Å². The second-order valence-electron chi connectivity index (χ2n) is 6.68. The maximum atomic E-state index is 12.4. The number of piperazine rings is 1. The average molecular weight is 361 g/mol. The highest BCUT2D eigenvalue weighted by Crippen LogP contribution is 2.16. The van der Waals surface area contributed by atoms with E-state index in [1.54, 1.807) is 17.2 Å². The number of para-hydroxylation sites is 1. The van der Waals surface area contributed by atoms with E-state index in [0.717, 1.165) is 26.2 Å². The molecule has 2 aliphatic heterocycles. The second-order valence-corrected chi connectivity index (χ2v) is 6.68. The summed E-state index contributed by atoms with van der Waals surface area (Å²) in [6.07, 6.45) is 2.09. The first-order chi connectivity index (χ1) is 12.8. The molecule has 1 unspecified atom stereocenters. The molecule has 0 amide bonds. The van der Waals surface area contributed by atoms with Crippen LogP contribution in [0.3, 0.4) is 0 Å². The number of nitrogens with zero attached hydrogens (tertiary/aromatic N) is 2. The molecule has 0 aromatic heterocycles. The molecule has 0 bridgehead atoms. The molecule has 1 aromatic carbocycles. The van der Waals surface area contributed by atoms with Crippen LogP contribution in [0.15, 0.2) is 30.3 Å². The molecule has 142 valence electrons. The molecular weight excluding hydrogens is 334 g/mol. The van der Waals surface area contributed by atoms with Crippen molar-refractivity contribution in [1.82, 2.24) is 15.3 Å². The summed E-state index contributed by atoms with van der Waals surface area (Å²) >= 11 is 0. The Kier molecular flexibility index (Phi) is 6.99. The van der Waals surface area contributed by atoms with Crippen molar-refractivity contribution < 1.29 is 19.2 Å². The molecule has 26 heavy (non-hydrogen) atoms. The van der Waals surface area contributed by atoms with E-state index in [0.29, 0.717) is 31.2 Å². The van der Waals surface area contributed by atoms with E-state index in [1.165, 1.54) is 12.8 Å². The number of hydrogen-bond acceptors (Lipinski definition) is 7. The number of ether oxygens (including phenoxy) is 1. The van der Waals surface area contributed by atoms with E-state index in [4.69, 9.17) is 9.57 Å². The molecule has 7 heteroatoms. The summed E-state index contributed by atoms with van der Waals surface area (Å²) in [4.78, 5) is 31.3. The number of carbonyl (C=O) groups is 2. The van der Waals surface area contributed by atoms with Crippen molar-refractivity contribution in [3.8, 4) is 5.75 Å². The summed E-state index contributed by atoms with van der Waals surface area (Å²) in [5, 5.41) is 5.07. The summed E-state index contributed by atoms with van der Waals surface area (Å²) in [6.45, 7) is 5.27. The summed E-state index contributed by atoms with van der Waals surface area (Å²) < 4.78 is 5.62. The molecule has 0 saturated carbocycles. The lowest BCUT2D eigenvalue weighted by molar-refractivity contribution is -0.206. The van der Waals surface area contributed by atoms with Crippen LogP contribution in [-0.4, -0.2) is 73.6 Å². The molecule has 1 N–H and O–H groups in total. The standard InChI is InChI=1S/C19H27N3O4/c23-15-8-18(25-17-4-2-1-3-5-17)19(24)26-22-13-11-21(12-14-22)16-6-9-20-10-7-16/h1-5,15-16,18,20H,6-14H2. The Morgan fingerprint density at radius 3 is 2.50 bits per heavy atom. The molecule has 2 fully saturated rings. The van der Waals surface area contributed by atoms with Crippen LogP contribution < -0.4 is 10.1 Å². The fraction of sp³-hybridized carbons (Fsp3) is 0.579. The lowest BCUT2D eigenvalue weighted by Crippen LogP contribution is -2.53. The van der Waals surface area contributed by atoms with Crippen molar-refractivity contribution in [2.45, 2.75) is 31.4 Å². The fourth-order valence-corrected chi connectivity index (χ4v) is 3.46. The summed E-state index contributed by atoms with van der Waals surface area (Å²) in [5.41, 5.74) is 0. The van der Waals surface area contributed by atoms with Crippen LogP contribution in [0, 0.1) is 0 Å². The molecule has 2 saturated heterocycles. The molecule has 1 atom stereocenters. The van der Waals surface area contributed by atoms with Gasteiger partial charge in [-0.25, -0.2) is 4.79 Å². The normalized spacial score (nSPS) is 21.1. The molecule has 1 aromatic rings. The van der Waals surface area contributed by atoms with Crippen LogP contribution in [0.1, 0.15) is 19.3 Å². The molecule has 3 rings (SSSR count). The summed E-state index contributed by atoms with van der Waals surface area (Å²) in [6, 6.07) is 9.63. The van der Waals surface area contributed by atoms with Crippen LogP contribution in [-0.2, 0) is 14.4 Å². The van der Waals surface area contributed by atoms with Crippen molar-refractivity contribution >= 4 is 12.3 Å². The predicted molar refractivity (Wildman–Crippen MR) is 96.7 cm³/mol. The van der Waals surface area contributed by atoms with Crippen molar-refractivity contribution in [2.24, 2.45) is 0 Å². The predicted octanol–water partition coefficient (Wildman–Crippen LogP) is 0.851. The number of hydroxylamine groups is 2. The van der Waals surface area contributed by atoms with Gasteiger partial charge in [-0.15, -0.1) is 5.06 Å². The summed E-state index contributed by atoms with van der Waals surface area (Å²) in [5.74, 6) is 0.0308. The van der Waals surface area contributed by atoms with E-state index in [2.05, 4.69) is 10.2 Å². The third-order valence-electron chi connectivity index (χ3n) is 4.91. The van der Waals surface area contributed by atoms with Gasteiger partial charge in [0.1, 0.15) is 12.0 Å². The highest BCUT2D eigenvalue weighted by Gasteiger charge is 2.29. The number of aldehydes is 1. The van der Waals surface area contributed by atoms with Gasteiger partial charge in [0.25, 0.3) is 0 Å². The minimum atomic E-state index is -0.919. The highest BCUT2D eigenvalue weighted by molar-refractivity contribution is 5.78. The zero-order valence-corrected chi connectivity index (χ0v) is 15.0. The Morgan fingerprint density at radius 2 is 1.85 bits per heavy atom. The highest BCUT2D eigenvalue weighted by atomic mass is 16.7. The van der Waals surface area contributed by atoms with Crippen molar-refractivity contribution in [1.29, 1.82) is 0 Å². The Labute approximate surface area is 154 Å². The smallest absolute Gasteiger partial charge is 0.366 e. The minimum Gasteiger partial charge on any atom is -0.478 e. The monoisotopic (exact) mass is 361 g/mol. The van der Waals surface area contributed by atoms with Gasteiger partial charge in [-0.2, -0.15) is 0 Å². The van der Waals surface area contributed by atoms with E-state index in [1.807, 2.05) is 18.2 Å². The Balaban J connectivity index is 1.47. The van der Waals surface area contributed by atoms with Crippen LogP contribution in [0.5, 0.6) is 5.75 Å². The van der Waals surface area contributed by atoms with E-state index < -0.39 is 12.1 Å². The average Bonchev–Trinajstić information content (AvgIpc) is 2.70. The van der Waals surface area contributed by atoms with Gasteiger partial charge in [0.2, 0.25) is 6.10 Å². The Hall–Kier alpha value is -1.96. The summed E-state index contributed by atoms with van der Waals surface area (Å²) in [7, 11) is 0. The van der Waals surface area contributed by atoms with Crippen LogP contribution in [0.25, 0.3) is 0 Å². The van der Waals surface area contributed by atoms with Gasteiger partial charge in [-0.05, 0) is 38.1 Å². The van der Waals surface area contributed by atoms with Gasteiger partial charge in [0.15, 0.2) is 0 Å². The molecule has 0 spiro atoms. The molecule has 0 radical (unpaired) electrons. The zero-order valence-electron chi connectivity index (χ0n) is 15.0. The van der Waals surface area contributed by atoms with Crippen molar-refractivity contribution in [2.75, 3.05) is 39.3 Å². The zero-order chi connectivity index (χ0) is 18.2. The Bertz CT molecular complexity index is 569.